The molecule has 0 aliphatic rings. The van der Waals surface area contributed by atoms with Crippen LogP contribution in [0, 0.1) is 6.92 Å². The van der Waals surface area contributed by atoms with Crippen molar-refractivity contribution in [2.45, 2.75) is 20.3 Å². The first-order valence-electron chi connectivity index (χ1n) is 11.0. The van der Waals surface area contributed by atoms with E-state index in [2.05, 4.69) is 23.9 Å². The second-order valence-corrected chi connectivity index (χ2v) is 7.80. The molecule has 2 aromatic carbocycles. The number of nitrogens with two attached hydrogens (primary N) is 2. The fraction of sp³-hybridized carbons (Fsp3) is 0.154. The topological polar surface area (TPSA) is 131 Å². The van der Waals surface area contributed by atoms with Gasteiger partial charge in [0.2, 0.25) is 0 Å². The van der Waals surface area contributed by atoms with E-state index in [0.29, 0.717) is 16.8 Å². The molecule has 35 heavy (non-hydrogen) atoms. The third-order valence-corrected chi connectivity index (χ3v) is 5.79. The SMILES string of the molecule is CCc1c(C)c2cccc(OC)c2c(=O)n1-c1ccccc1.NC(=O)c1c(N)nn2cccnc12. The molecule has 9 heteroatoms. The number of nitrogen functional groups attached to an aromatic ring is 1. The highest BCUT2D eigenvalue weighted by molar-refractivity contribution is 6.03. The van der Waals surface area contributed by atoms with E-state index in [1.807, 2.05) is 48.5 Å². The molecule has 0 spiro atoms. The molecule has 0 atom stereocenters. The summed E-state index contributed by atoms with van der Waals surface area (Å²) in [6, 6.07) is 17.2. The number of benzene rings is 2. The highest BCUT2D eigenvalue weighted by Gasteiger charge is 2.17. The number of rotatable bonds is 4. The number of primary amides is 1. The second kappa shape index (κ2) is 9.68. The fourth-order valence-electron chi connectivity index (χ4n) is 4.21. The summed E-state index contributed by atoms with van der Waals surface area (Å²) in [5.41, 5.74) is 14.2. The number of hydrogen-bond donors (Lipinski definition) is 2. The maximum absolute atomic E-state index is 13.1. The minimum atomic E-state index is -0.619. The van der Waals surface area contributed by atoms with E-state index in [1.165, 1.54) is 4.52 Å². The molecule has 0 saturated carbocycles. The molecule has 5 rings (SSSR count). The predicted octanol–water partition coefficient (Wildman–Crippen LogP) is 3.28. The van der Waals surface area contributed by atoms with Crippen LogP contribution in [0.25, 0.3) is 22.1 Å². The zero-order valence-electron chi connectivity index (χ0n) is 19.7. The van der Waals surface area contributed by atoms with Crippen molar-refractivity contribution in [2.75, 3.05) is 12.8 Å². The van der Waals surface area contributed by atoms with Gasteiger partial charge in [0.15, 0.2) is 11.5 Å². The smallest absolute Gasteiger partial charge is 0.266 e. The average Bonchev–Trinajstić information content (AvgIpc) is 3.22. The fourth-order valence-corrected chi connectivity index (χ4v) is 4.21. The maximum atomic E-state index is 13.1. The molecule has 5 aromatic rings. The number of amides is 1. The van der Waals surface area contributed by atoms with E-state index in [-0.39, 0.29) is 16.9 Å². The lowest BCUT2D eigenvalue weighted by Gasteiger charge is -2.18. The van der Waals surface area contributed by atoms with E-state index >= 15 is 0 Å². The number of methoxy groups -OCH3 is 1. The summed E-state index contributed by atoms with van der Waals surface area (Å²) in [5, 5.41) is 5.47. The van der Waals surface area contributed by atoms with Gasteiger partial charge in [0, 0.05) is 23.8 Å². The average molecular weight is 471 g/mol. The number of para-hydroxylation sites is 1. The predicted molar refractivity (Wildman–Crippen MR) is 136 cm³/mol. The van der Waals surface area contributed by atoms with Crippen molar-refractivity contribution in [3.05, 3.63) is 94.2 Å². The van der Waals surface area contributed by atoms with Crippen LogP contribution in [0.5, 0.6) is 5.75 Å². The van der Waals surface area contributed by atoms with Crippen molar-refractivity contribution < 1.29 is 9.53 Å². The van der Waals surface area contributed by atoms with E-state index in [4.69, 9.17) is 16.2 Å². The van der Waals surface area contributed by atoms with Crippen LogP contribution in [-0.2, 0) is 6.42 Å². The summed E-state index contributed by atoms with van der Waals surface area (Å²) in [6.45, 7) is 4.15. The lowest BCUT2D eigenvalue weighted by atomic mass is 10.0. The van der Waals surface area contributed by atoms with Gasteiger partial charge in [0.05, 0.1) is 12.5 Å². The number of nitrogens with zero attached hydrogens (tertiary/aromatic N) is 4. The highest BCUT2D eigenvalue weighted by atomic mass is 16.5. The minimum absolute atomic E-state index is 0.0268. The summed E-state index contributed by atoms with van der Waals surface area (Å²) >= 11 is 0. The number of carbonyl (C=O) groups excluding carboxylic acids is 1. The van der Waals surface area contributed by atoms with Crippen LogP contribution in [0.15, 0.2) is 71.8 Å². The molecule has 178 valence electrons. The Hall–Kier alpha value is -4.66. The van der Waals surface area contributed by atoms with Crippen LogP contribution in [0.2, 0.25) is 0 Å². The normalized spacial score (nSPS) is 10.7. The summed E-state index contributed by atoms with van der Waals surface area (Å²) in [6.07, 6.45) is 3.98. The van der Waals surface area contributed by atoms with Crippen LogP contribution < -0.4 is 21.8 Å². The monoisotopic (exact) mass is 470 g/mol. The summed E-state index contributed by atoms with van der Waals surface area (Å²) in [5.74, 6) is 0.107. The lowest BCUT2D eigenvalue weighted by molar-refractivity contribution is 0.100. The summed E-state index contributed by atoms with van der Waals surface area (Å²) in [4.78, 5) is 28.0. The Bertz CT molecular complexity index is 1590. The molecule has 0 fully saturated rings. The van der Waals surface area contributed by atoms with E-state index in [0.717, 1.165) is 28.8 Å². The van der Waals surface area contributed by atoms with Gasteiger partial charge in [-0.1, -0.05) is 37.3 Å². The Morgan fingerprint density at radius 1 is 1.09 bits per heavy atom. The molecule has 0 aliphatic heterocycles. The number of aryl methyl sites for hydroxylation is 1. The number of aromatic nitrogens is 4. The third-order valence-electron chi connectivity index (χ3n) is 5.79. The molecule has 3 heterocycles. The molecule has 0 unspecified atom stereocenters. The van der Waals surface area contributed by atoms with Crippen molar-refractivity contribution in [1.82, 2.24) is 19.2 Å². The molecule has 0 radical (unpaired) electrons. The van der Waals surface area contributed by atoms with Crippen molar-refractivity contribution in [1.29, 1.82) is 0 Å². The molecular formula is C26H26N6O3. The maximum Gasteiger partial charge on any atom is 0.266 e. The van der Waals surface area contributed by atoms with Gasteiger partial charge in [-0.2, -0.15) is 0 Å². The third kappa shape index (κ3) is 4.19. The van der Waals surface area contributed by atoms with Gasteiger partial charge < -0.3 is 16.2 Å². The van der Waals surface area contributed by atoms with Crippen molar-refractivity contribution in [3.8, 4) is 11.4 Å². The standard InChI is InChI=1S/C19H19NO2.C7H7N5O/c1-4-16-13(2)15-11-8-12-17(22-3)18(15)19(21)20(16)14-9-6-5-7-10-14;8-5-4(6(9)13)7-10-2-1-3-12(7)11-5/h5-12H,4H2,1-3H3;1-3H,(H2,8,11)(H2,9,13). The van der Waals surface area contributed by atoms with Gasteiger partial charge >= 0.3 is 0 Å². The quantitative estimate of drug-likeness (QED) is 0.414. The Morgan fingerprint density at radius 3 is 2.49 bits per heavy atom. The molecule has 0 saturated heterocycles. The second-order valence-electron chi connectivity index (χ2n) is 7.80. The molecular weight excluding hydrogens is 444 g/mol. The lowest BCUT2D eigenvalue weighted by Crippen LogP contribution is -2.23. The number of carbonyl (C=O) groups is 1. The van der Waals surface area contributed by atoms with Crippen molar-refractivity contribution >= 4 is 28.1 Å². The number of pyridine rings is 1. The van der Waals surface area contributed by atoms with Gasteiger partial charge in [0.1, 0.15) is 11.3 Å². The highest BCUT2D eigenvalue weighted by Crippen LogP contribution is 2.28. The largest absolute Gasteiger partial charge is 0.496 e. The Balaban J connectivity index is 0.000000189. The molecule has 0 aliphatic carbocycles. The summed E-state index contributed by atoms with van der Waals surface area (Å²) in [7, 11) is 1.60. The van der Waals surface area contributed by atoms with Crippen LogP contribution >= 0.6 is 0 Å². The Morgan fingerprint density at radius 2 is 1.83 bits per heavy atom. The van der Waals surface area contributed by atoms with Crippen LogP contribution in [0.3, 0.4) is 0 Å². The van der Waals surface area contributed by atoms with E-state index in [9.17, 15) is 9.59 Å². The van der Waals surface area contributed by atoms with Crippen LogP contribution in [0.1, 0.15) is 28.5 Å². The molecule has 9 nitrogen and oxygen atoms in total. The van der Waals surface area contributed by atoms with Gasteiger partial charge in [0.25, 0.3) is 11.5 Å². The van der Waals surface area contributed by atoms with Crippen LogP contribution in [-0.4, -0.2) is 32.2 Å². The summed E-state index contributed by atoms with van der Waals surface area (Å²) < 4.78 is 8.63. The molecule has 1 amide bonds. The number of fused-ring (bicyclic) bond motifs is 2. The molecule has 3 aromatic heterocycles. The first-order chi connectivity index (χ1) is 16.9. The zero-order valence-corrected chi connectivity index (χ0v) is 19.7. The van der Waals surface area contributed by atoms with Crippen LogP contribution in [0.4, 0.5) is 5.82 Å². The van der Waals surface area contributed by atoms with Gasteiger partial charge in [-0.25, -0.2) is 9.50 Å². The van der Waals surface area contributed by atoms with Gasteiger partial charge in [-0.15, -0.1) is 5.10 Å². The van der Waals surface area contributed by atoms with Gasteiger partial charge in [-0.05, 0) is 48.6 Å². The zero-order chi connectivity index (χ0) is 25.1. The number of hydrogen-bond acceptors (Lipinski definition) is 6. The van der Waals surface area contributed by atoms with Crippen molar-refractivity contribution in [2.24, 2.45) is 5.73 Å². The first-order valence-corrected chi connectivity index (χ1v) is 11.0. The first kappa shape index (κ1) is 23.5. The minimum Gasteiger partial charge on any atom is -0.496 e. The van der Waals surface area contributed by atoms with E-state index in [1.54, 1.807) is 30.1 Å². The molecule has 4 N–H and O–H groups in total. The number of anilines is 1. The number of ether oxygens (including phenoxy) is 1. The molecule has 0 bridgehead atoms. The Kier molecular flexibility index (Phi) is 6.50. The van der Waals surface area contributed by atoms with Gasteiger partial charge in [-0.3, -0.25) is 14.2 Å². The Labute approximate surface area is 201 Å². The van der Waals surface area contributed by atoms with Crippen molar-refractivity contribution in [3.63, 3.8) is 0 Å². The van der Waals surface area contributed by atoms with E-state index < -0.39 is 5.91 Å².